The van der Waals surface area contributed by atoms with E-state index in [1.807, 2.05) is 37.5 Å². The Morgan fingerprint density at radius 2 is 2.06 bits per heavy atom. The third-order valence-electron chi connectivity index (χ3n) is 2.97. The van der Waals surface area contributed by atoms with Gasteiger partial charge in [-0.15, -0.1) is 0 Å². The van der Waals surface area contributed by atoms with Gasteiger partial charge in [-0.25, -0.2) is 0 Å². The Kier molecular flexibility index (Phi) is 1.80. The van der Waals surface area contributed by atoms with Gasteiger partial charge in [-0.2, -0.15) is 0 Å². The first-order valence-electron chi connectivity index (χ1n) is 5.08. The molecule has 2 aromatic heterocycles. The Balaban J connectivity index is 2.55. The van der Waals surface area contributed by atoms with Crippen molar-refractivity contribution in [1.82, 2.24) is 9.55 Å². The summed E-state index contributed by atoms with van der Waals surface area (Å²) in [5.74, 6) is 0. The highest BCUT2D eigenvalue weighted by atomic mass is 16.1. The number of aryl methyl sites for hydroxylation is 1. The first kappa shape index (κ1) is 9.09. The number of pyridine rings is 1. The molecular weight excluding hydrogens is 200 g/mol. The lowest BCUT2D eigenvalue weighted by atomic mass is 10.1. The summed E-state index contributed by atoms with van der Waals surface area (Å²) >= 11 is 0. The quantitative estimate of drug-likeness (QED) is 0.578. The Bertz CT molecular complexity index is 698. The molecule has 0 unspecified atom stereocenters. The summed E-state index contributed by atoms with van der Waals surface area (Å²) in [6.07, 6.45) is 4.51. The highest BCUT2D eigenvalue weighted by molar-refractivity contribution is 6.08. The molecule has 0 aliphatic heterocycles. The van der Waals surface area contributed by atoms with Gasteiger partial charge in [-0.1, -0.05) is 12.1 Å². The Morgan fingerprint density at radius 3 is 2.88 bits per heavy atom. The van der Waals surface area contributed by atoms with Gasteiger partial charge >= 0.3 is 0 Å². The third-order valence-corrected chi connectivity index (χ3v) is 2.97. The predicted molar refractivity (Wildman–Crippen MR) is 63.6 cm³/mol. The average Bonchev–Trinajstić information content (AvgIpc) is 2.64. The number of hydrogen-bond donors (Lipinski definition) is 0. The van der Waals surface area contributed by atoms with E-state index in [1.54, 1.807) is 6.20 Å². The minimum atomic E-state index is 0.700. The standard InChI is InChI=1S/C13H10N2O/c1-15-12-4-5-14-7-11(12)10-3-2-9(8-16)6-13(10)15/h2-8H,1H3. The first-order valence-corrected chi connectivity index (χ1v) is 5.08. The van der Waals surface area contributed by atoms with Gasteiger partial charge < -0.3 is 4.57 Å². The van der Waals surface area contributed by atoms with Crippen molar-refractivity contribution in [2.45, 2.75) is 0 Å². The zero-order valence-electron chi connectivity index (χ0n) is 8.84. The van der Waals surface area contributed by atoms with Crippen LogP contribution in [0.4, 0.5) is 0 Å². The van der Waals surface area contributed by atoms with Crippen LogP contribution in [0.2, 0.25) is 0 Å². The van der Waals surface area contributed by atoms with Gasteiger partial charge in [0, 0.05) is 41.3 Å². The normalized spacial score (nSPS) is 11.1. The van der Waals surface area contributed by atoms with Crippen molar-refractivity contribution in [3.05, 3.63) is 42.2 Å². The number of carbonyl (C=O) groups excluding carboxylic acids is 1. The maximum atomic E-state index is 10.8. The van der Waals surface area contributed by atoms with E-state index in [1.165, 1.54) is 0 Å². The van der Waals surface area contributed by atoms with Crippen LogP contribution in [0.3, 0.4) is 0 Å². The van der Waals surface area contributed by atoms with Crippen molar-refractivity contribution in [3.63, 3.8) is 0 Å². The molecule has 1 aromatic carbocycles. The molecule has 0 radical (unpaired) electrons. The molecule has 0 atom stereocenters. The lowest BCUT2D eigenvalue weighted by Crippen LogP contribution is -1.87. The maximum absolute atomic E-state index is 10.8. The average molecular weight is 210 g/mol. The molecule has 0 saturated heterocycles. The van der Waals surface area contributed by atoms with Crippen molar-refractivity contribution in [2.24, 2.45) is 7.05 Å². The molecule has 0 N–H and O–H groups in total. The number of hydrogen-bond acceptors (Lipinski definition) is 2. The monoisotopic (exact) mass is 210 g/mol. The lowest BCUT2D eigenvalue weighted by molar-refractivity contribution is 0.112. The highest BCUT2D eigenvalue weighted by Crippen LogP contribution is 2.27. The van der Waals surface area contributed by atoms with Crippen molar-refractivity contribution in [1.29, 1.82) is 0 Å². The van der Waals surface area contributed by atoms with Crippen LogP contribution in [0.1, 0.15) is 10.4 Å². The van der Waals surface area contributed by atoms with E-state index < -0.39 is 0 Å². The summed E-state index contributed by atoms with van der Waals surface area (Å²) in [5.41, 5.74) is 2.90. The maximum Gasteiger partial charge on any atom is 0.150 e. The molecule has 0 aliphatic carbocycles. The zero-order valence-corrected chi connectivity index (χ0v) is 8.84. The van der Waals surface area contributed by atoms with Gasteiger partial charge in [0.15, 0.2) is 0 Å². The van der Waals surface area contributed by atoms with Crippen LogP contribution in [0, 0.1) is 0 Å². The number of rotatable bonds is 1. The number of aromatic nitrogens is 2. The smallest absolute Gasteiger partial charge is 0.150 e. The molecule has 3 aromatic rings. The molecule has 3 nitrogen and oxygen atoms in total. The number of carbonyl (C=O) groups is 1. The van der Waals surface area contributed by atoms with Crippen molar-refractivity contribution in [2.75, 3.05) is 0 Å². The van der Waals surface area contributed by atoms with Crippen molar-refractivity contribution >= 4 is 28.1 Å². The minimum absolute atomic E-state index is 0.700. The Morgan fingerprint density at radius 1 is 1.19 bits per heavy atom. The number of aldehydes is 1. The molecule has 0 fully saturated rings. The van der Waals surface area contributed by atoms with Gasteiger partial charge in [0.05, 0.1) is 5.52 Å². The van der Waals surface area contributed by atoms with Gasteiger partial charge in [0.25, 0.3) is 0 Å². The molecular formula is C13H10N2O. The fraction of sp³-hybridized carbons (Fsp3) is 0.0769. The van der Waals surface area contributed by atoms with E-state index in [4.69, 9.17) is 0 Å². The zero-order chi connectivity index (χ0) is 11.1. The van der Waals surface area contributed by atoms with Crippen LogP contribution in [0.5, 0.6) is 0 Å². The van der Waals surface area contributed by atoms with E-state index in [9.17, 15) is 4.79 Å². The second-order valence-corrected chi connectivity index (χ2v) is 3.85. The van der Waals surface area contributed by atoms with Gasteiger partial charge in [-0.05, 0) is 12.1 Å². The summed E-state index contributed by atoms with van der Waals surface area (Å²) < 4.78 is 2.08. The van der Waals surface area contributed by atoms with Gasteiger partial charge in [0.1, 0.15) is 6.29 Å². The predicted octanol–water partition coefficient (Wildman–Crippen LogP) is 2.54. The van der Waals surface area contributed by atoms with Gasteiger partial charge in [0.2, 0.25) is 0 Å². The fourth-order valence-electron chi connectivity index (χ4n) is 2.14. The molecule has 0 saturated carbocycles. The summed E-state index contributed by atoms with van der Waals surface area (Å²) in [6.45, 7) is 0. The van der Waals surface area contributed by atoms with E-state index in [2.05, 4.69) is 9.55 Å². The molecule has 0 spiro atoms. The van der Waals surface area contributed by atoms with E-state index in [0.29, 0.717) is 5.56 Å². The molecule has 78 valence electrons. The number of fused-ring (bicyclic) bond motifs is 3. The number of nitrogens with zero attached hydrogens (tertiary/aromatic N) is 2. The van der Waals surface area contributed by atoms with Gasteiger partial charge in [-0.3, -0.25) is 9.78 Å². The van der Waals surface area contributed by atoms with Crippen LogP contribution in [-0.2, 0) is 7.05 Å². The molecule has 0 aliphatic rings. The lowest BCUT2D eigenvalue weighted by Gasteiger charge is -1.97. The second kappa shape index (κ2) is 3.17. The largest absolute Gasteiger partial charge is 0.343 e. The minimum Gasteiger partial charge on any atom is -0.343 e. The van der Waals surface area contributed by atoms with Crippen LogP contribution in [-0.4, -0.2) is 15.8 Å². The summed E-state index contributed by atoms with van der Waals surface area (Å²) in [6, 6.07) is 7.70. The molecule has 3 rings (SSSR count). The SMILES string of the molecule is Cn1c2ccncc2c2ccc(C=O)cc21. The number of benzene rings is 1. The summed E-state index contributed by atoms with van der Waals surface area (Å²) in [4.78, 5) is 14.9. The van der Waals surface area contributed by atoms with Crippen molar-refractivity contribution < 1.29 is 4.79 Å². The summed E-state index contributed by atoms with van der Waals surface area (Å²) in [7, 11) is 2.00. The summed E-state index contributed by atoms with van der Waals surface area (Å²) in [5, 5.41) is 2.26. The first-order chi connectivity index (χ1) is 7.81. The van der Waals surface area contributed by atoms with Crippen LogP contribution in [0.15, 0.2) is 36.7 Å². The topological polar surface area (TPSA) is 34.9 Å². The highest BCUT2D eigenvalue weighted by Gasteiger charge is 2.07. The van der Waals surface area contributed by atoms with Crippen molar-refractivity contribution in [3.8, 4) is 0 Å². The molecule has 2 heterocycles. The van der Waals surface area contributed by atoms with E-state index >= 15 is 0 Å². The third kappa shape index (κ3) is 1.08. The van der Waals surface area contributed by atoms with E-state index in [-0.39, 0.29) is 0 Å². The Hall–Kier alpha value is -2.16. The molecule has 0 amide bonds. The van der Waals surface area contributed by atoms with Crippen LogP contribution in [0.25, 0.3) is 21.8 Å². The second-order valence-electron chi connectivity index (χ2n) is 3.85. The molecule has 16 heavy (non-hydrogen) atoms. The Labute approximate surface area is 92.3 Å². The van der Waals surface area contributed by atoms with E-state index in [0.717, 1.165) is 28.1 Å². The molecule has 0 bridgehead atoms. The molecule has 3 heteroatoms. The van der Waals surface area contributed by atoms with Crippen LogP contribution < -0.4 is 0 Å². The fourth-order valence-corrected chi connectivity index (χ4v) is 2.14. The van der Waals surface area contributed by atoms with Crippen LogP contribution >= 0.6 is 0 Å².